The van der Waals surface area contributed by atoms with Crippen LogP contribution in [0.5, 0.6) is 11.6 Å². The van der Waals surface area contributed by atoms with Gasteiger partial charge in [0.25, 0.3) is 0 Å². The molecule has 17 heavy (non-hydrogen) atoms. The summed E-state index contributed by atoms with van der Waals surface area (Å²) >= 11 is 0. The second-order valence-electron chi connectivity index (χ2n) is 3.08. The normalized spacial score (nSPS) is 9.71. The van der Waals surface area contributed by atoms with Crippen LogP contribution in [0.4, 0.5) is 0 Å². The van der Waals surface area contributed by atoms with E-state index in [9.17, 15) is 4.79 Å². The molecule has 0 saturated carbocycles. The molecule has 6 nitrogen and oxygen atoms in total. The summed E-state index contributed by atoms with van der Waals surface area (Å²) in [5.41, 5.74) is 0.407. The second-order valence-corrected chi connectivity index (χ2v) is 3.08. The molecule has 0 unspecified atom stereocenters. The van der Waals surface area contributed by atoms with E-state index in [0.717, 1.165) is 0 Å². The molecule has 6 heteroatoms. The number of hydrogen-bond acceptors (Lipinski definition) is 6. The van der Waals surface area contributed by atoms with Gasteiger partial charge >= 0.3 is 5.97 Å². The highest BCUT2D eigenvalue weighted by atomic mass is 16.5. The van der Waals surface area contributed by atoms with E-state index in [1.165, 1.54) is 12.3 Å². The van der Waals surface area contributed by atoms with Crippen molar-refractivity contribution in [3.63, 3.8) is 0 Å². The number of carbonyl (C=O) groups excluding carboxylic acids is 1. The number of benzene rings is 1. The molecule has 0 atom stereocenters. The molecule has 2 aromatic rings. The summed E-state index contributed by atoms with van der Waals surface area (Å²) in [4.78, 5) is 11.7. The Kier molecular flexibility index (Phi) is 3.25. The predicted molar refractivity (Wildman–Crippen MR) is 57.8 cm³/mol. The van der Waals surface area contributed by atoms with E-state index in [1.54, 1.807) is 31.4 Å². The van der Waals surface area contributed by atoms with Crippen LogP contribution in [0.3, 0.4) is 0 Å². The lowest BCUT2D eigenvalue weighted by Gasteiger charge is -2.03. The number of aromatic nitrogens is 3. The Bertz CT molecular complexity index is 499. The summed E-state index contributed by atoms with van der Waals surface area (Å²) in [5.74, 6) is 0.277. The fraction of sp³-hybridized carbons (Fsp3) is 0.0909. The lowest BCUT2D eigenvalue weighted by molar-refractivity contribution is 0.0725. The van der Waals surface area contributed by atoms with Gasteiger partial charge in [-0.15, -0.1) is 5.10 Å². The van der Waals surface area contributed by atoms with Crippen LogP contribution >= 0.6 is 0 Å². The molecule has 0 fully saturated rings. The van der Waals surface area contributed by atoms with Crippen LogP contribution in [0.15, 0.2) is 36.5 Å². The number of methoxy groups -OCH3 is 1. The molecule has 0 N–H and O–H groups in total. The summed E-state index contributed by atoms with van der Waals surface area (Å²) < 4.78 is 9.97. The number of ether oxygens (including phenoxy) is 2. The molecule has 0 amide bonds. The molecule has 0 aliphatic carbocycles. The first-order valence-electron chi connectivity index (χ1n) is 4.80. The highest BCUT2D eigenvalue weighted by Crippen LogP contribution is 2.13. The first-order chi connectivity index (χ1) is 8.29. The van der Waals surface area contributed by atoms with Gasteiger partial charge in [0.05, 0.1) is 18.9 Å². The van der Waals surface area contributed by atoms with Gasteiger partial charge in [-0.3, -0.25) is 0 Å². The number of carbonyl (C=O) groups is 1. The van der Waals surface area contributed by atoms with Crippen molar-refractivity contribution in [3.05, 3.63) is 42.1 Å². The molecule has 1 aromatic heterocycles. The number of rotatable bonds is 3. The van der Waals surface area contributed by atoms with Gasteiger partial charge in [-0.25, -0.2) is 4.79 Å². The van der Waals surface area contributed by atoms with E-state index in [0.29, 0.717) is 11.3 Å². The van der Waals surface area contributed by atoms with Crippen LogP contribution in [0.2, 0.25) is 0 Å². The fourth-order valence-electron chi connectivity index (χ4n) is 1.17. The molecular formula is C11H9N3O3. The summed E-state index contributed by atoms with van der Waals surface area (Å²) in [6.07, 6.45) is 1.39. The first kappa shape index (κ1) is 11.0. The Labute approximate surface area is 97.2 Å². The SMILES string of the molecule is COc1ccc(C(=O)Oc2ccnnn2)cc1. The molecule has 2 rings (SSSR count). The number of nitrogens with zero attached hydrogens (tertiary/aromatic N) is 3. The Balaban J connectivity index is 2.09. The van der Waals surface area contributed by atoms with Gasteiger partial charge in [-0.2, -0.15) is 0 Å². The van der Waals surface area contributed by atoms with E-state index >= 15 is 0 Å². The average Bonchev–Trinajstić information content (AvgIpc) is 2.40. The van der Waals surface area contributed by atoms with Crippen LogP contribution in [0, 0.1) is 0 Å². The van der Waals surface area contributed by atoms with Gasteiger partial charge in [-0.05, 0) is 29.5 Å². The van der Waals surface area contributed by atoms with Crippen molar-refractivity contribution in [1.82, 2.24) is 15.4 Å². The molecule has 0 aliphatic heterocycles. The molecule has 0 saturated heterocycles. The Morgan fingerprint density at radius 1 is 1.18 bits per heavy atom. The maximum atomic E-state index is 11.7. The van der Waals surface area contributed by atoms with Gasteiger partial charge in [-0.1, -0.05) is 5.10 Å². The largest absolute Gasteiger partial charge is 0.497 e. The molecule has 0 spiro atoms. The van der Waals surface area contributed by atoms with Crippen LogP contribution in [-0.4, -0.2) is 28.5 Å². The second kappa shape index (κ2) is 5.02. The van der Waals surface area contributed by atoms with Crippen LogP contribution in [0.25, 0.3) is 0 Å². The number of hydrogen-bond donors (Lipinski definition) is 0. The topological polar surface area (TPSA) is 74.2 Å². The summed E-state index contributed by atoms with van der Waals surface area (Å²) in [5, 5.41) is 10.4. The minimum absolute atomic E-state index is 0.112. The van der Waals surface area contributed by atoms with E-state index in [1.807, 2.05) is 0 Å². The first-order valence-corrected chi connectivity index (χ1v) is 4.80. The zero-order chi connectivity index (χ0) is 12.1. The van der Waals surface area contributed by atoms with Gasteiger partial charge < -0.3 is 9.47 Å². The highest BCUT2D eigenvalue weighted by molar-refractivity contribution is 5.90. The van der Waals surface area contributed by atoms with E-state index in [-0.39, 0.29) is 5.88 Å². The summed E-state index contributed by atoms with van der Waals surface area (Å²) in [7, 11) is 1.56. The lowest BCUT2D eigenvalue weighted by atomic mass is 10.2. The molecule has 1 aromatic carbocycles. The van der Waals surface area contributed by atoms with Crippen molar-refractivity contribution in [3.8, 4) is 11.6 Å². The molecule has 0 bridgehead atoms. The third-order valence-corrected chi connectivity index (χ3v) is 2.00. The van der Waals surface area contributed by atoms with Crippen LogP contribution in [0.1, 0.15) is 10.4 Å². The van der Waals surface area contributed by atoms with Crippen LogP contribution < -0.4 is 9.47 Å². The molecule has 86 valence electrons. The maximum Gasteiger partial charge on any atom is 0.344 e. The Morgan fingerprint density at radius 3 is 2.53 bits per heavy atom. The van der Waals surface area contributed by atoms with Crippen molar-refractivity contribution in [2.75, 3.05) is 7.11 Å². The fourth-order valence-corrected chi connectivity index (χ4v) is 1.17. The zero-order valence-corrected chi connectivity index (χ0v) is 9.03. The minimum Gasteiger partial charge on any atom is -0.497 e. The van der Waals surface area contributed by atoms with Crippen molar-refractivity contribution in [2.24, 2.45) is 0 Å². The quantitative estimate of drug-likeness (QED) is 0.736. The lowest BCUT2D eigenvalue weighted by Crippen LogP contribution is -2.09. The van der Waals surface area contributed by atoms with Crippen LogP contribution in [-0.2, 0) is 0 Å². The maximum absolute atomic E-state index is 11.7. The van der Waals surface area contributed by atoms with Gasteiger partial charge in [0.1, 0.15) is 5.75 Å². The highest BCUT2D eigenvalue weighted by Gasteiger charge is 2.09. The molecule has 1 heterocycles. The third kappa shape index (κ3) is 2.75. The van der Waals surface area contributed by atoms with Crippen molar-refractivity contribution >= 4 is 5.97 Å². The van der Waals surface area contributed by atoms with Crippen molar-refractivity contribution in [2.45, 2.75) is 0 Å². The predicted octanol–water partition coefficient (Wildman–Crippen LogP) is 1.10. The molecule has 0 aliphatic rings. The summed E-state index contributed by atoms with van der Waals surface area (Å²) in [6.45, 7) is 0. The Morgan fingerprint density at radius 2 is 1.94 bits per heavy atom. The third-order valence-electron chi connectivity index (χ3n) is 2.00. The van der Waals surface area contributed by atoms with Crippen molar-refractivity contribution in [1.29, 1.82) is 0 Å². The van der Waals surface area contributed by atoms with E-state index in [2.05, 4.69) is 15.4 Å². The van der Waals surface area contributed by atoms with E-state index < -0.39 is 5.97 Å². The Hall–Kier alpha value is -2.50. The van der Waals surface area contributed by atoms with E-state index in [4.69, 9.17) is 9.47 Å². The van der Waals surface area contributed by atoms with Gasteiger partial charge in [0.15, 0.2) is 0 Å². The standard InChI is InChI=1S/C11H9N3O3/c1-16-9-4-2-8(3-5-9)11(15)17-10-6-7-12-14-13-10/h2-7H,1H3. The summed E-state index contributed by atoms with van der Waals surface area (Å²) in [6, 6.07) is 8.02. The molecule has 0 radical (unpaired) electrons. The molecular weight excluding hydrogens is 222 g/mol. The average molecular weight is 231 g/mol. The van der Waals surface area contributed by atoms with Crippen molar-refractivity contribution < 1.29 is 14.3 Å². The van der Waals surface area contributed by atoms with Gasteiger partial charge in [0.2, 0.25) is 5.88 Å². The zero-order valence-electron chi connectivity index (χ0n) is 9.03. The smallest absolute Gasteiger partial charge is 0.344 e. The number of esters is 1. The van der Waals surface area contributed by atoms with Gasteiger partial charge in [0, 0.05) is 6.07 Å². The monoisotopic (exact) mass is 231 g/mol. The minimum atomic E-state index is -0.506.